The van der Waals surface area contributed by atoms with Crippen LogP contribution in [0.15, 0.2) is 4.99 Å². The van der Waals surface area contributed by atoms with Gasteiger partial charge in [-0.25, -0.2) is 13.1 Å². The first-order chi connectivity index (χ1) is 7.31. The smallest absolute Gasteiger partial charge is 0.208 e. The van der Waals surface area contributed by atoms with Crippen molar-refractivity contribution in [1.82, 2.24) is 10.0 Å². The number of nitrogens with zero attached hydrogens (tertiary/aromatic N) is 1. The second-order valence-corrected chi connectivity index (χ2v) is 5.88. The van der Waals surface area contributed by atoms with E-state index < -0.39 is 10.0 Å². The summed E-state index contributed by atoms with van der Waals surface area (Å²) in [5.41, 5.74) is 5.57. The number of sulfonamides is 1. The number of hydrogen-bond donors (Lipinski definition) is 3. The topological polar surface area (TPSA) is 96.6 Å². The fourth-order valence-corrected chi connectivity index (χ4v) is 1.40. The van der Waals surface area contributed by atoms with E-state index in [0.717, 1.165) is 12.7 Å². The van der Waals surface area contributed by atoms with Crippen LogP contribution in [-0.2, 0) is 10.0 Å². The van der Waals surface area contributed by atoms with Crippen molar-refractivity contribution in [2.45, 2.75) is 20.3 Å². The summed E-state index contributed by atoms with van der Waals surface area (Å²) in [6, 6.07) is 0. The molecule has 16 heavy (non-hydrogen) atoms. The molecule has 0 bridgehead atoms. The van der Waals surface area contributed by atoms with Crippen LogP contribution in [0.25, 0.3) is 0 Å². The molecule has 0 atom stereocenters. The van der Waals surface area contributed by atoms with Crippen LogP contribution >= 0.6 is 0 Å². The van der Waals surface area contributed by atoms with Gasteiger partial charge in [-0.3, -0.25) is 4.99 Å². The minimum atomic E-state index is -3.12. The van der Waals surface area contributed by atoms with E-state index >= 15 is 0 Å². The van der Waals surface area contributed by atoms with Gasteiger partial charge in [-0.2, -0.15) is 0 Å². The predicted octanol–water partition coefficient (Wildman–Crippen LogP) is -0.514. The van der Waals surface area contributed by atoms with Crippen LogP contribution in [0.1, 0.15) is 20.3 Å². The molecule has 0 amide bonds. The summed E-state index contributed by atoms with van der Waals surface area (Å²) in [5.74, 6) is 0.958. The molecule has 0 aromatic heterocycles. The lowest BCUT2D eigenvalue weighted by molar-refractivity contribution is 0.586. The lowest BCUT2D eigenvalue weighted by Gasteiger charge is -2.06. The second kappa shape index (κ2) is 7.45. The molecule has 0 heterocycles. The van der Waals surface area contributed by atoms with Crippen LogP contribution < -0.4 is 15.8 Å². The van der Waals surface area contributed by atoms with Crippen molar-refractivity contribution >= 4 is 16.0 Å². The summed E-state index contributed by atoms with van der Waals surface area (Å²) < 4.78 is 23.8. The van der Waals surface area contributed by atoms with Gasteiger partial charge in [0.2, 0.25) is 10.0 Å². The molecule has 0 aliphatic heterocycles. The summed E-state index contributed by atoms with van der Waals surface area (Å²) >= 11 is 0. The summed E-state index contributed by atoms with van der Waals surface area (Å²) in [4.78, 5) is 4.10. The third-order valence-corrected chi connectivity index (χ3v) is 2.51. The average molecular weight is 250 g/mol. The van der Waals surface area contributed by atoms with Crippen LogP contribution in [0, 0.1) is 5.92 Å². The van der Waals surface area contributed by atoms with Gasteiger partial charge in [0.05, 0.1) is 6.26 Å². The number of aliphatic imine (C=N–C) groups is 1. The minimum absolute atomic E-state index is 0.305. The maximum absolute atomic E-state index is 10.7. The maximum atomic E-state index is 10.7. The fourth-order valence-electron chi connectivity index (χ4n) is 0.926. The van der Waals surface area contributed by atoms with Gasteiger partial charge in [-0.15, -0.1) is 0 Å². The molecule has 6 nitrogen and oxygen atoms in total. The van der Waals surface area contributed by atoms with Gasteiger partial charge in [0.15, 0.2) is 5.96 Å². The molecule has 0 spiro atoms. The normalized spacial score (nSPS) is 13.1. The summed E-state index contributed by atoms with van der Waals surface area (Å²) in [5, 5.41) is 2.83. The van der Waals surface area contributed by atoms with Crippen molar-refractivity contribution < 1.29 is 8.42 Å². The van der Waals surface area contributed by atoms with Crippen LogP contribution in [-0.4, -0.2) is 40.3 Å². The van der Waals surface area contributed by atoms with Crippen LogP contribution in [0.5, 0.6) is 0 Å². The molecule has 0 rings (SSSR count). The number of rotatable bonds is 7. The van der Waals surface area contributed by atoms with E-state index in [2.05, 4.69) is 28.9 Å². The summed E-state index contributed by atoms with van der Waals surface area (Å²) in [6.45, 7) is 5.67. The Morgan fingerprint density at radius 1 is 1.38 bits per heavy atom. The molecular formula is C9H22N4O2S. The van der Waals surface area contributed by atoms with E-state index in [1.165, 1.54) is 0 Å². The SMILES string of the molecule is CC(C)CCN=C(N)NCCNS(C)(=O)=O. The number of hydrogen-bond acceptors (Lipinski definition) is 3. The molecule has 0 aliphatic rings. The number of nitrogens with one attached hydrogen (secondary N) is 2. The molecule has 0 saturated carbocycles. The molecule has 7 heteroatoms. The highest BCUT2D eigenvalue weighted by atomic mass is 32.2. The first-order valence-corrected chi connectivity index (χ1v) is 7.19. The first-order valence-electron chi connectivity index (χ1n) is 5.29. The van der Waals surface area contributed by atoms with Crippen molar-refractivity contribution in [3.63, 3.8) is 0 Å². The zero-order valence-electron chi connectivity index (χ0n) is 10.2. The van der Waals surface area contributed by atoms with E-state index in [1.54, 1.807) is 0 Å². The van der Waals surface area contributed by atoms with Gasteiger partial charge in [0, 0.05) is 19.6 Å². The Labute approximate surface area is 97.8 Å². The van der Waals surface area contributed by atoms with Gasteiger partial charge in [0.25, 0.3) is 0 Å². The summed E-state index contributed by atoms with van der Waals surface area (Å²) in [6.07, 6.45) is 2.11. The van der Waals surface area contributed by atoms with Gasteiger partial charge >= 0.3 is 0 Å². The van der Waals surface area contributed by atoms with Crippen molar-refractivity contribution in [2.75, 3.05) is 25.9 Å². The maximum Gasteiger partial charge on any atom is 0.208 e. The standard InChI is InChI=1S/C9H22N4O2S/c1-8(2)4-5-11-9(10)12-6-7-13-16(3,14)15/h8,13H,4-7H2,1-3H3,(H3,10,11,12). The van der Waals surface area contributed by atoms with E-state index in [9.17, 15) is 8.42 Å². The molecular weight excluding hydrogens is 228 g/mol. The molecule has 0 aromatic rings. The quantitative estimate of drug-likeness (QED) is 0.322. The zero-order chi connectivity index (χ0) is 12.6. The van der Waals surface area contributed by atoms with Crippen molar-refractivity contribution in [3.05, 3.63) is 0 Å². The lowest BCUT2D eigenvalue weighted by Crippen LogP contribution is -2.38. The van der Waals surface area contributed by atoms with Gasteiger partial charge < -0.3 is 11.1 Å². The summed E-state index contributed by atoms with van der Waals surface area (Å²) in [7, 11) is -3.12. The van der Waals surface area contributed by atoms with Gasteiger partial charge in [-0.05, 0) is 12.3 Å². The first kappa shape index (κ1) is 15.2. The van der Waals surface area contributed by atoms with Crippen LogP contribution in [0.2, 0.25) is 0 Å². The highest BCUT2D eigenvalue weighted by molar-refractivity contribution is 7.88. The van der Waals surface area contributed by atoms with Gasteiger partial charge in [-0.1, -0.05) is 13.8 Å². The van der Waals surface area contributed by atoms with E-state index in [4.69, 9.17) is 5.73 Å². The molecule has 0 aromatic carbocycles. The monoisotopic (exact) mass is 250 g/mol. The third kappa shape index (κ3) is 11.3. The Balaban J connectivity index is 3.61. The highest BCUT2D eigenvalue weighted by Crippen LogP contribution is 1.97. The van der Waals surface area contributed by atoms with Crippen LogP contribution in [0.4, 0.5) is 0 Å². The Hall–Kier alpha value is -0.820. The van der Waals surface area contributed by atoms with Crippen LogP contribution in [0.3, 0.4) is 0 Å². The van der Waals surface area contributed by atoms with E-state index in [-0.39, 0.29) is 0 Å². The molecule has 4 N–H and O–H groups in total. The highest BCUT2D eigenvalue weighted by Gasteiger charge is 1.98. The van der Waals surface area contributed by atoms with Gasteiger partial charge in [0.1, 0.15) is 0 Å². The Kier molecular flexibility index (Phi) is 7.07. The Morgan fingerprint density at radius 3 is 2.50 bits per heavy atom. The molecule has 0 saturated heterocycles. The fraction of sp³-hybridized carbons (Fsp3) is 0.889. The molecule has 0 unspecified atom stereocenters. The van der Waals surface area contributed by atoms with E-state index in [0.29, 0.717) is 31.5 Å². The number of nitrogens with two attached hydrogens (primary N) is 1. The van der Waals surface area contributed by atoms with E-state index in [1.807, 2.05) is 0 Å². The number of guanidine groups is 1. The predicted molar refractivity (Wildman–Crippen MR) is 66.8 cm³/mol. The Bertz CT molecular complexity index is 311. The average Bonchev–Trinajstić information content (AvgIpc) is 2.10. The molecule has 0 radical (unpaired) electrons. The van der Waals surface area contributed by atoms with Crippen molar-refractivity contribution in [2.24, 2.45) is 16.6 Å². The Morgan fingerprint density at radius 2 is 2.00 bits per heavy atom. The molecule has 96 valence electrons. The minimum Gasteiger partial charge on any atom is -0.370 e. The third-order valence-electron chi connectivity index (χ3n) is 1.78. The largest absolute Gasteiger partial charge is 0.370 e. The molecule has 0 fully saturated rings. The second-order valence-electron chi connectivity index (χ2n) is 4.04. The zero-order valence-corrected chi connectivity index (χ0v) is 11.0. The lowest BCUT2D eigenvalue weighted by atomic mass is 10.1. The van der Waals surface area contributed by atoms with Crippen molar-refractivity contribution in [1.29, 1.82) is 0 Å². The molecule has 0 aliphatic carbocycles. The van der Waals surface area contributed by atoms with Crippen molar-refractivity contribution in [3.8, 4) is 0 Å².